The number of ether oxygens (including phenoxy) is 2. The Labute approximate surface area is 381 Å². The first-order valence-corrected chi connectivity index (χ1v) is 24.7. The first-order valence-electron chi connectivity index (χ1n) is 24.7. The quantitative estimate of drug-likeness (QED) is 0.0376. The van der Waals surface area contributed by atoms with E-state index in [2.05, 4.69) is 148 Å². The Morgan fingerprint density at radius 3 is 1.05 bits per heavy atom. The summed E-state index contributed by atoms with van der Waals surface area (Å²) in [5, 5.41) is 9.57. The number of carbonyl (C=O) groups excluding carboxylic acids is 2. The van der Waals surface area contributed by atoms with Crippen LogP contribution >= 0.6 is 0 Å². The van der Waals surface area contributed by atoms with Crippen molar-refractivity contribution in [3.8, 4) is 0 Å². The van der Waals surface area contributed by atoms with Gasteiger partial charge in [-0.3, -0.25) is 9.59 Å². The summed E-state index contributed by atoms with van der Waals surface area (Å²) >= 11 is 0. The molecule has 0 aliphatic rings. The van der Waals surface area contributed by atoms with E-state index >= 15 is 0 Å². The molecule has 0 heterocycles. The van der Waals surface area contributed by atoms with Crippen molar-refractivity contribution in [3.63, 3.8) is 0 Å². The van der Waals surface area contributed by atoms with Gasteiger partial charge in [-0.15, -0.1) is 0 Å². The second-order valence-corrected chi connectivity index (χ2v) is 15.8. The van der Waals surface area contributed by atoms with Crippen LogP contribution in [0, 0.1) is 0 Å². The van der Waals surface area contributed by atoms with Gasteiger partial charge in [0.25, 0.3) is 0 Å². The second-order valence-electron chi connectivity index (χ2n) is 15.8. The highest BCUT2D eigenvalue weighted by Gasteiger charge is 2.16. The van der Waals surface area contributed by atoms with E-state index in [1.165, 1.54) is 51.4 Å². The van der Waals surface area contributed by atoms with Gasteiger partial charge in [0.05, 0.1) is 6.61 Å². The molecule has 0 spiro atoms. The number of esters is 2. The number of hydrogen-bond donors (Lipinski definition) is 1. The van der Waals surface area contributed by atoms with E-state index in [1.807, 2.05) is 0 Å². The van der Waals surface area contributed by atoms with Crippen LogP contribution < -0.4 is 0 Å². The Morgan fingerprint density at radius 1 is 0.387 bits per heavy atom. The van der Waals surface area contributed by atoms with Crippen molar-refractivity contribution in [2.24, 2.45) is 0 Å². The first kappa shape index (κ1) is 58.0. The molecule has 0 bridgehead atoms. The Morgan fingerprint density at radius 2 is 0.694 bits per heavy atom. The van der Waals surface area contributed by atoms with E-state index in [-0.39, 0.29) is 25.2 Å². The minimum absolute atomic E-state index is 0.0856. The van der Waals surface area contributed by atoms with Crippen LogP contribution in [0.3, 0.4) is 0 Å². The maximum Gasteiger partial charge on any atom is 0.306 e. The Balaban J connectivity index is 3.70. The number of unbranched alkanes of at least 4 members (excludes halogenated alkanes) is 13. The number of allylic oxidation sites excluding steroid dienone is 22. The maximum absolute atomic E-state index is 12.2. The summed E-state index contributed by atoms with van der Waals surface area (Å²) in [7, 11) is 0. The van der Waals surface area contributed by atoms with Gasteiger partial charge in [-0.2, -0.15) is 0 Å². The van der Waals surface area contributed by atoms with Crippen molar-refractivity contribution in [1.29, 1.82) is 0 Å². The maximum atomic E-state index is 12.2. The molecule has 0 amide bonds. The second kappa shape index (κ2) is 51.4. The van der Waals surface area contributed by atoms with Crippen molar-refractivity contribution in [2.75, 3.05) is 13.2 Å². The third-order valence-electron chi connectivity index (χ3n) is 9.96. The Kier molecular flexibility index (Phi) is 48.1. The van der Waals surface area contributed by atoms with Crippen molar-refractivity contribution in [1.82, 2.24) is 0 Å². The predicted molar refractivity (Wildman–Crippen MR) is 269 cm³/mol. The standard InChI is InChI=1S/C57H90O5/c1-3-5-7-9-11-13-15-16-17-18-19-20-21-22-23-24-25-26-27-28-29-30-31-32-33-34-35-36-37-38-39-40-42-44-46-48-50-52-57(60)62-55(53-58)54-61-56(59)51-49-47-45-43-41-14-12-10-8-6-4-2/h5,7,11,13,16-17,19-20,22-23,25-26,28-29,31-32,34-35,37-38,40,42,55,58H,3-4,6,8-10,12,14-15,18,21,24,27,30,33,36,39,41,43-54H2,1-2H3/b7-5-,13-11-,17-16-,20-19-,23-22-,26-25-,29-28-,32-31-,35-34-,38-37-,42-40-. The van der Waals surface area contributed by atoms with Crippen molar-refractivity contribution < 1.29 is 24.2 Å². The van der Waals surface area contributed by atoms with Gasteiger partial charge in [-0.25, -0.2) is 0 Å². The monoisotopic (exact) mass is 855 g/mol. The molecule has 0 aromatic heterocycles. The first-order chi connectivity index (χ1) is 30.6. The molecule has 0 radical (unpaired) electrons. The highest BCUT2D eigenvalue weighted by Crippen LogP contribution is 2.13. The zero-order chi connectivity index (χ0) is 44.9. The van der Waals surface area contributed by atoms with Crippen LogP contribution in [0.5, 0.6) is 0 Å². The van der Waals surface area contributed by atoms with E-state index in [9.17, 15) is 14.7 Å². The molecule has 1 unspecified atom stereocenters. The van der Waals surface area contributed by atoms with E-state index in [4.69, 9.17) is 9.47 Å². The zero-order valence-electron chi connectivity index (χ0n) is 39.6. The molecule has 0 rings (SSSR count). The molecular weight excluding hydrogens is 765 g/mol. The Hall–Kier alpha value is -3.96. The number of hydrogen-bond acceptors (Lipinski definition) is 5. The lowest BCUT2D eigenvalue weighted by molar-refractivity contribution is -0.161. The average Bonchev–Trinajstić information content (AvgIpc) is 3.28. The van der Waals surface area contributed by atoms with Gasteiger partial charge < -0.3 is 14.6 Å². The van der Waals surface area contributed by atoms with Crippen LogP contribution in [-0.2, 0) is 19.1 Å². The van der Waals surface area contributed by atoms with E-state index in [1.54, 1.807) is 0 Å². The summed E-state index contributed by atoms with van der Waals surface area (Å²) in [4.78, 5) is 24.3. The normalized spacial score (nSPS) is 13.4. The lowest BCUT2D eigenvalue weighted by atomic mass is 10.1. The highest BCUT2D eigenvalue weighted by atomic mass is 16.6. The summed E-state index contributed by atoms with van der Waals surface area (Å²) in [6, 6.07) is 0. The van der Waals surface area contributed by atoms with Gasteiger partial charge in [0.15, 0.2) is 6.10 Å². The van der Waals surface area contributed by atoms with Gasteiger partial charge in [0.1, 0.15) is 6.61 Å². The largest absolute Gasteiger partial charge is 0.462 e. The third-order valence-corrected chi connectivity index (χ3v) is 9.96. The van der Waals surface area contributed by atoms with Crippen molar-refractivity contribution >= 4 is 11.9 Å². The molecule has 1 N–H and O–H groups in total. The molecule has 0 saturated carbocycles. The summed E-state index contributed by atoms with van der Waals surface area (Å²) in [5.74, 6) is -0.639. The van der Waals surface area contributed by atoms with Gasteiger partial charge in [-0.1, -0.05) is 218 Å². The van der Waals surface area contributed by atoms with Gasteiger partial charge in [0.2, 0.25) is 0 Å². The fraction of sp³-hybridized carbons (Fsp3) is 0.579. The zero-order valence-corrected chi connectivity index (χ0v) is 39.6. The molecule has 0 aromatic carbocycles. The van der Waals surface area contributed by atoms with Crippen LogP contribution in [0.15, 0.2) is 134 Å². The fourth-order valence-electron chi connectivity index (χ4n) is 6.26. The number of aliphatic hydroxyl groups is 1. The van der Waals surface area contributed by atoms with Crippen LogP contribution in [0.2, 0.25) is 0 Å². The average molecular weight is 855 g/mol. The van der Waals surface area contributed by atoms with Crippen molar-refractivity contribution in [2.45, 2.75) is 200 Å². The van der Waals surface area contributed by atoms with E-state index in [0.29, 0.717) is 12.8 Å². The molecule has 0 aliphatic heterocycles. The molecule has 348 valence electrons. The van der Waals surface area contributed by atoms with E-state index in [0.717, 1.165) is 116 Å². The molecule has 0 aromatic rings. The lowest BCUT2D eigenvalue weighted by Crippen LogP contribution is -2.28. The topological polar surface area (TPSA) is 72.8 Å². The summed E-state index contributed by atoms with van der Waals surface area (Å²) in [5.41, 5.74) is 0. The predicted octanol–water partition coefficient (Wildman–Crippen LogP) is 16.5. The summed E-state index contributed by atoms with van der Waals surface area (Å²) in [6.07, 6.45) is 76.9. The fourth-order valence-corrected chi connectivity index (χ4v) is 6.26. The van der Waals surface area contributed by atoms with Crippen molar-refractivity contribution in [3.05, 3.63) is 134 Å². The summed E-state index contributed by atoms with van der Waals surface area (Å²) in [6.45, 7) is 3.97. The molecule has 62 heavy (non-hydrogen) atoms. The van der Waals surface area contributed by atoms with E-state index < -0.39 is 6.10 Å². The molecule has 5 nitrogen and oxygen atoms in total. The smallest absolute Gasteiger partial charge is 0.306 e. The minimum Gasteiger partial charge on any atom is -0.462 e. The molecule has 0 saturated heterocycles. The molecule has 0 aliphatic carbocycles. The van der Waals surface area contributed by atoms with Crippen LogP contribution in [0.4, 0.5) is 0 Å². The van der Waals surface area contributed by atoms with Crippen LogP contribution in [0.25, 0.3) is 0 Å². The highest BCUT2D eigenvalue weighted by molar-refractivity contribution is 5.70. The molecule has 5 heteroatoms. The van der Waals surface area contributed by atoms with Gasteiger partial charge in [-0.05, 0) is 96.3 Å². The third kappa shape index (κ3) is 48.7. The molecule has 0 fully saturated rings. The van der Waals surface area contributed by atoms with Crippen LogP contribution in [0.1, 0.15) is 194 Å². The summed E-state index contributed by atoms with van der Waals surface area (Å²) < 4.78 is 10.6. The SMILES string of the molecule is CC/C=C\C/C=C\C/C=C\C/C=C\C/C=C\C/C=C\C/C=C\C/C=C\C/C=C\C/C=C\C/C=C\CCCCCC(=O)OC(CO)COC(=O)CCCCCCCCCCCCC. The number of rotatable bonds is 43. The van der Waals surface area contributed by atoms with Gasteiger partial charge in [0, 0.05) is 12.8 Å². The number of carbonyl (C=O) groups is 2. The van der Waals surface area contributed by atoms with Crippen LogP contribution in [-0.4, -0.2) is 36.4 Å². The Bertz CT molecular complexity index is 1330. The number of aliphatic hydroxyl groups excluding tert-OH is 1. The molecular formula is C57H90O5. The molecule has 1 atom stereocenters. The van der Waals surface area contributed by atoms with Gasteiger partial charge >= 0.3 is 11.9 Å². The minimum atomic E-state index is -0.796. The lowest BCUT2D eigenvalue weighted by Gasteiger charge is -2.15.